The molecule has 3 N–H and O–H groups in total. The van der Waals surface area contributed by atoms with E-state index in [9.17, 15) is 0 Å². The van der Waals surface area contributed by atoms with E-state index in [1.54, 1.807) is 6.33 Å². The zero-order valence-corrected chi connectivity index (χ0v) is 10.4. The van der Waals surface area contributed by atoms with Crippen molar-refractivity contribution < 1.29 is 0 Å². The van der Waals surface area contributed by atoms with Crippen molar-refractivity contribution >= 4 is 0 Å². The molecular formula is C15H14N4. The van der Waals surface area contributed by atoms with Crippen LogP contribution in [-0.4, -0.2) is 15.0 Å². The van der Waals surface area contributed by atoms with Crippen LogP contribution >= 0.6 is 0 Å². The average molecular weight is 250 g/mol. The van der Waals surface area contributed by atoms with E-state index in [2.05, 4.69) is 15.0 Å². The molecular weight excluding hydrogens is 236 g/mol. The van der Waals surface area contributed by atoms with Crippen molar-refractivity contribution in [2.75, 3.05) is 0 Å². The van der Waals surface area contributed by atoms with Gasteiger partial charge in [-0.15, -0.1) is 0 Å². The molecule has 3 aromatic rings. The van der Waals surface area contributed by atoms with Gasteiger partial charge in [0.2, 0.25) is 0 Å². The van der Waals surface area contributed by atoms with Crippen molar-refractivity contribution in [3.05, 3.63) is 67.0 Å². The van der Waals surface area contributed by atoms with Crippen molar-refractivity contribution in [2.24, 2.45) is 0 Å². The summed E-state index contributed by atoms with van der Waals surface area (Å²) in [5.74, 6) is 1.40. The number of nitrogens with zero attached hydrogens (tertiary/aromatic N) is 3. The first-order valence-corrected chi connectivity index (χ1v) is 5.73. The minimum Gasteiger partial charge on any atom is -0.344 e. The molecule has 4 nitrogen and oxygen atoms in total. The minimum absolute atomic E-state index is 0. The lowest BCUT2D eigenvalue weighted by Gasteiger charge is -2.02. The summed E-state index contributed by atoms with van der Waals surface area (Å²) < 4.78 is 0. The molecule has 2 aromatic carbocycles. The van der Waals surface area contributed by atoms with Gasteiger partial charge in [0.25, 0.3) is 0 Å². The summed E-state index contributed by atoms with van der Waals surface area (Å²) in [5.41, 5.74) is 1.99. The van der Waals surface area contributed by atoms with E-state index < -0.39 is 0 Å². The Morgan fingerprint density at radius 2 is 1.00 bits per heavy atom. The Bertz CT molecular complexity index is 584. The standard InChI is InChI=1S/C15H11N3.H3N/c1-3-7-12(8-4-1)14-16-11-17-15(18-14)13-9-5-2-6-10-13;/h1-11H;1H3. The minimum atomic E-state index is 0. The van der Waals surface area contributed by atoms with Gasteiger partial charge in [0.15, 0.2) is 11.6 Å². The predicted octanol–water partition coefficient (Wildman–Crippen LogP) is 3.37. The third-order valence-corrected chi connectivity index (χ3v) is 2.64. The average Bonchev–Trinajstić information content (AvgIpc) is 2.49. The Balaban J connectivity index is 0.00000133. The zero-order chi connectivity index (χ0) is 12.2. The fraction of sp³-hybridized carbons (Fsp3) is 0. The second-order valence-electron chi connectivity index (χ2n) is 3.86. The van der Waals surface area contributed by atoms with Crippen molar-refractivity contribution in [3.8, 4) is 22.8 Å². The van der Waals surface area contributed by atoms with Gasteiger partial charge in [-0.1, -0.05) is 60.7 Å². The highest BCUT2D eigenvalue weighted by Gasteiger charge is 2.04. The fourth-order valence-corrected chi connectivity index (χ4v) is 1.75. The van der Waals surface area contributed by atoms with Gasteiger partial charge < -0.3 is 6.15 Å². The molecule has 0 atom stereocenters. The first-order valence-electron chi connectivity index (χ1n) is 5.73. The Morgan fingerprint density at radius 3 is 1.42 bits per heavy atom. The Morgan fingerprint density at radius 1 is 0.579 bits per heavy atom. The number of aromatic nitrogens is 3. The van der Waals surface area contributed by atoms with Gasteiger partial charge in [0.05, 0.1) is 0 Å². The first-order chi connectivity index (χ1) is 8.93. The topological polar surface area (TPSA) is 73.7 Å². The molecule has 0 amide bonds. The molecule has 0 unspecified atom stereocenters. The van der Waals surface area contributed by atoms with Crippen molar-refractivity contribution in [2.45, 2.75) is 0 Å². The molecule has 0 bridgehead atoms. The van der Waals surface area contributed by atoms with E-state index in [0.717, 1.165) is 11.1 Å². The summed E-state index contributed by atoms with van der Waals surface area (Å²) in [6.45, 7) is 0. The van der Waals surface area contributed by atoms with Gasteiger partial charge in [-0.3, -0.25) is 0 Å². The summed E-state index contributed by atoms with van der Waals surface area (Å²) in [6, 6.07) is 19.8. The van der Waals surface area contributed by atoms with Crippen molar-refractivity contribution in [1.82, 2.24) is 21.1 Å². The summed E-state index contributed by atoms with van der Waals surface area (Å²) in [7, 11) is 0. The monoisotopic (exact) mass is 250 g/mol. The quantitative estimate of drug-likeness (QED) is 0.756. The van der Waals surface area contributed by atoms with Gasteiger partial charge in [-0.05, 0) is 0 Å². The molecule has 3 rings (SSSR count). The van der Waals surface area contributed by atoms with Crippen LogP contribution in [0.1, 0.15) is 0 Å². The molecule has 94 valence electrons. The van der Waals surface area contributed by atoms with Gasteiger partial charge in [0, 0.05) is 11.1 Å². The molecule has 1 heterocycles. The third kappa shape index (κ3) is 2.81. The van der Waals surface area contributed by atoms with Gasteiger partial charge in [-0.2, -0.15) is 0 Å². The first kappa shape index (κ1) is 12.9. The van der Waals surface area contributed by atoms with Crippen LogP contribution in [0.2, 0.25) is 0 Å². The summed E-state index contributed by atoms with van der Waals surface area (Å²) in [5, 5.41) is 0. The maximum atomic E-state index is 4.49. The second kappa shape index (κ2) is 5.84. The lowest BCUT2D eigenvalue weighted by molar-refractivity contribution is 1.07. The van der Waals surface area contributed by atoms with E-state index >= 15 is 0 Å². The van der Waals surface area contributed by atoms with Gasteiger partial charge in [-0.25, -0.2) is 15.0 Å². The molecule has 0 spiro atoms. The third-order valence-electron chi connectivity index (χ3n) is 2.64. The largest absolute Gasteiger partial charge is 0.344 e. The molecule has 0 aliphatic heterocycles. The van der Waals surface area contributed by atoms with Crippen LogP contribution in [0.25, 0.3) is 22.8 Å². The van der Waals surface area contributed by atoms with Crippen LogP contribution in [0.4, 0.5) is 0 Å². The molecule has 0 saturated carbocycles. The zero-order valence-electron chi connectivity index (χ0n) is 10.4. The molecule has 0 fully saturated rings. The van der Waals surface area contributed by atoms with E-state index in [0.29, 0.717) is 11.6 Å². The highest BCUT2D eigenvalue weighted by molar-refractivity contribution is 5.60. The molecule has 1 aromatic heterocycles. The Hall–Kier alpha value is -2.59. The van der Waals surface area contributed by atoms with E-state index in [1.165, 1.54) is 0 Å². The van der Waals surface area contributed by atoms with Crippen LogP contribution < -0.4 is 6.15 Å². The second-order valence-corrected chi connectivity index (χ2v) is 3.86. The van der Waals surface area contributed by atoms with Crippen LogP contribution in [0.15, 0.2) is 67.0 Å². The van der Waals surface area contributed by atoms with Crippen LogP contribution in [0.5, 0.6) is 0 Å². The summed E-state index contributed by atoms with van der Waals surface area (Å²) >= 11 is 0. The number of rotatable bonds is 2. The SMILES string of the molecule is N.c1ccc(-c2ncnc(-c3ccccc3)n2)cc1. The number of hydrogen-bond donors (Lipinski definition) is 1. The summed E-state index contributed by atoms with van der Waals surface area (Å²) in [4.78, 5) is 12.9. The van der Waals surface area contributed by atoms with Crippen molar-refractivity contribution in [1.29, 1.82) is 0 Å². The van der Waals surface area contributed by atoms with E-state index in [-0.39, 0.29) is 6.15 Å². The maximum absolute atomic E-state index is 4.49. The van der Waals surface area contributed by atoms with Gasteiger partial charge in [0.1, 0.15) is 6.33 Å². The molecule has 19 heavy (non-hydrogen) atoms. The molecule has 0 saturated heterocycles. The summed E-state index contributed by atoms with van der Waals surface area (Å²) in [6.07, 6.45) is 1.55. The van der Waals surface area contributed by atoms with Crippen LogP contribution in [0, 0.1) is 0 Å². The van der Waals surface area contributed by atoms with E-state index in [1.807, 2.05) is 60.7 Å². The maximum Gasteiger partial charge on any atom is 0.163 e. The molecule has 0 aliphatic rings. The lowest BCUT2D eigenvalue weighted by atomic mass is 10.2. The Kier molecular flexibility index (Phi) is 3.95. The van der Waals surface area contributed by atoms with Gasteiger partial charge >= 0.3 is 0 Å². The van der Waals surface area contributed by atoms with Crippen LogP contribution in [-0.2, 0) is 0 Å². The molecule has 0 radical (unpaired) electrons. The lowest BCUT2D eigenvalue weighted by Crippen LogP contribution is -1.94. The van der Waals surface area contributed by atoms with E-state index in [4.69, 9.17) is 0 Å². The number of hydrogen-bond acceptors (Lipinski definition) is 4. The molecule has 0 aliphatic carbocycles. The normalized spacial score (nSPS) is 9.68. The fourth-order valence-electron chi connectivity index (χ4n) is 1.75. The number of benzene rings is 2. The van der Waals surface area contributed by atoms with Crippen molar-refractivity contribution in [3.63, 3.8) is 0 Å². The molecule has 4 heteroatoms. The Labute approximate surface area is 111 Å². The predicted molar refractivity (Wildman–Crippen MR) is 75.7 cm³/mol. The highest BCUT2D eigenvalue weighted by Crippen LogP contribution is 2.18. The smallest absolute Gasteiger partial charge is 0.163 e. The van der Waals surface area contributed by atoms with Crippen LogP contribution in [0.3, 0.4) is 0 Å². The highest BCUT2D eigenvalue weighted by atomic mass is 15.0.